The molecule has 1 heterocycles. The molecule has 1 aliphatic heterocycles. The van der Waals surface area contributed by atoms with Crippen LogP contribution in [0, 0.1) is 11.7 Å². The second-order valence-corrected chi connectivity index (χ2v) is 12.2. The SMILES string of the molecule is CS(=O)(=O)NC(=O)c1cc(C2CC2)c(OCC2CNC2)cc1F.Clc1cc(Cl)cc(Cc2ccccc2)c1. The minimum atomic E-state index is -3.74. The predicted molar refractivity (Wildman–Crippen MR) is 148 cm³/mol. The lowest BCUT2D eigenvalue weighted by atomic mass is 10.0. The molecule has 6 nitrogen and oxygen atoms in total. The van der Waals surface area contributed by atoms with Gasteiger partial charge in [-0.3, -0.25) is 4.79 Å². The molecule has 2 fully saturated rings. The number of halogens is 3. The summed E-state index contributed by atoms with van der Waals surface area (Å²) < 4.78 is 44.0. The van der Waals surface area contributed by atoms with Gasteiger partial charge in [-0.05, 0) is 66.1 Å². The first-order valence-corrected chi connectivity index (χ1v) is 14.9. The Morgan fingerprint density at radius 3 is 2.24 bits per heavy atom. The third-order valence-electron chi connectivity index (χ3n) is 6.15. The number of rotatable bonds is 8. The van der Waals surface area contributed by atoms with Gasteiger partial charge in [0.25, 0.3) is 5.91 Å². The van der Waals surface area contributed by atoms with Gasteiger partial charge >= 0.3 is 0 Å². The minimum Gasteiger partial charge on any atom is -0.493 e. The zero-order valence-corrected chi connectivity index (χ0v) is 23.2. The molecule has 10 heteroatoms. The summed E-state index contributed by atoms with van der Waals surface area (Å²) in [4.78, 5) is 11.9. The van der Waals surface area contributed by atoms with Gasteiger partial charge in [0, 0.05) is 35.1 Å². The first kappa shape index (κ1) is 28.4. The van der Waals surface area contributed by atoms with Crippen molar-refractivity contribution >= 4 is 39.1 Å². The Morgan fingerprint density at radius 1 is 1.03 bits per heavy atom. The molecule has 1 saturated carbocycles. The molecule has 1 aliphatic carbocycles. The zero-order chi connectivity index (χ0) is 27.3. The molecule has 0 unspecified atom stereocenters. The van der Waals surface area contributed by atoms with Crippen molar-refractivity contribution in [2.45, 2.75) is 25.2 Å². The summed E-state index contributed by atoms with van der Waals surface area (Å²) in [6, 6.07) is 18.5. The van der Waals surface area contributed by atoms with Crippen LogP contribution >= 0.6 is 23.2 Å². The van der Waals surface area contributed by atoms with Crippen LogP contribution in [0.15, 0.2) is 60.7 Å². The molecule has 2 aliphatic rings. The highest BCUT2D eigenvalue weighted by Crippen LogP contribution is 2.45. The molecule has 1 saturated heterocycles. The quantitative estimate of drug-likeness (QED) is 0.365. The summed E-state index contributed by atoms with van der Waals surface area (Å²) >= 11 is 11.9. The maximum atomic E-state index is 14.2. The largest absolute Gasteiger partial charge is 0.493 e. The molecular formula is C28H29Cl2FN2O4S. The third kappa shape index (κ3) is 8.43. The number of amides is 1. The highest BCUT2D eigenvalue weighted by atomic mass is 35.5. The average Bonchev–Trinajstić information content (AvgIpc) is 3.63. The first-order valence-electron chi connectivity index (χ1n) is 12.3. The fraction of sp³-hybridized carbons (Fsp3) is 0.321. The number of hydrogen-bond donors (Lipinski definition) is 2. The summed E-state index contributed by atoms with van der Waals surface area (Å²) in [5, 5.41) is 4.52. The number of hydrogen-bond acceptors (Lipinski definition) is 5. The van der Waals surface area contributed by atoms with E-state index < -0.39 is 21.7 Å². The van der Waals surface area contributed by atoms with Crippen molar-refractivity contribution in [2.75, 3.05) is 26.0 Å². The predicted octanol–water partition coefficient (Wildman–Crippen LogP) is 5.57. The summed E-state index contributed by atoms with van der Waals surface area (Å²) in [7, 11) is -3.74. The number of carbonyl (C=O) groups is 1. The van der Waals surface area contributed by atoms with Crippen LogP contribution in [0.25, 0.3) is 0 Å². The van der Waals surface area contributed by atoms with Crippen LogP contribution in [-0.2, 0) is 16.4 Å². The van der Waals surface area contributed by atoms with E-state index in [1.54, 1.807) is 10.8 Å². The lowest BCUT2D eigenvalue weighted by molar-refractivity contribution is 0.0977. The molecule has 0 spiro atoms. The highest BCUT2D eigenvalue weighted by molar-refractivity contribution is 7.89. The third-order valence-corrected chi connectivity index (χ3v) is 7.15. The highest BCUT2D eigenvalue weighted by Gasteiger charge is 2.30. The Morgan fingerprint density at radius 2 is 1.68 bits per heavy atom. The lowest BCUT2D eigenvalue weighted by Gasteiger charge is -2.27. The van der Waals surface area contributed by atoms with Crippen LogP contribution in [0.4, 0.5) is 4.39 Å². The van der Waals surface area contributed by atoms with E-state index in [9.17, 15) is 17.6 Å². The molecular weight excluding hydrogens is 550 g/mol. The van der Waals surface area contributed by atoms with E-state index in [4.69, 9.17) is 27.9 Å². The van der Waals surface area contributed by atoms with E-state index in [-0.39, 0.29) is 11.5 Å². The summed E-state index contributed by atoms with van der Waals surface area (Å²) in [5.41, 5.74) is 2.90. The molecule has 0 radical (unpaired) electrons. The van der Waals surface area contributed by atoms with Gasteiger partial charge in [0.2, 0.25) is 10.0 Å². The summed E-state index contributed by atoms with van der Waals surface area (Å²) in [6.45, 7) is 2.27. The van der Waals surface area contributed by atoms with Gasteiger partial charge in [-0.25, -0.2) is 17.5 Å². The van der Waals surface area contributed by atoms with E-state index in [1.165, 1.54) is 17.7 Å². The van der Waals surface area contributed by atoms with Gasteiger partial charge in [-0.1, -0.05) is 53.5 Å². The lowest BCUT2D eigenvalue weighted by Crippen LogP contribution is -2.45. The van der Waals surface area contributed by atoms with Crippen LogP contribution in [-0.4, -0.2) is 40.3 Å². The molecule has 0 aromatic heterocycles. The van der Waals surface area contributed by atoms with Crippen LogP contribution in [0.5, 0.6) is 5.75 Å². The normalized spacial score (nSPS) is 15.2. The topological polar surface area (TPSA) is 84.5 Å². The fourth-order valence-electron chi connectivity index (χ4n) is 4.03. The number of nitrogens with one attached hydrogen (secondary N) is 2. The van der Waals surface area contributed by atoms with Crippen LogP contribution in [0.2, 0.25) is 10.0 Å². The van der Waals surface area contributed by atoms with Gasteiger partial charge in [0.1, 0.15) is 11.6 Å². The van der Waals surface area contributed by atoms with Crippen molar-refractivity contribution < 1.29 is 22.3 Å². The maximum absolute atomic E-state index is 14.2. The molecule has 2 N–H and O–H groups in total. The van der Waals surface area contributed by atoms with Gasteiger partial charge in [0.15, 0.2) is 0 Å². The van der Waals surface area contributed by atoms with Crippen molar-refractivity contribution in [3.05, 3.63) is 98.8 Å². The minimum absolute atomic E-state index is 0.245. The van der Waals surface area contributed by atoms with Gasteiger partial charge in [0.05, 0.1) is 18.4 Å². The van der Waals surface area contributed by atoms with E-state index in [0.717, 1.165) is 49.7 Å². The van der Waals surface area contributed by atoms with Crippen LogP contribution in [0.3, 0.4) is 0 Å². The Kier molecular flexibility index (Phi) is 9.31. The fourth-order valence-corrected chi connectivity index (χ4v) is 5.04. The van der Waals surface area contributed by atoms with Crippen molar-refractivity contribution in [3.63, 3.8) is 0 Å². The van der Waals surface area contributed by atoms with Crippen molar-refractivity contribution in [1.82, 2.24) is 10.0 Å². The summed E-state index contributed by atoms with van der Waals surface area (Å²) in [6.07, 6.45) is 3.64. The summed E-state index contributed by atoms with van der Waals surface area (Å²) in [5.74, 6) is -0.625. The van der Waals surface area contributed by atoms with E-state index in [2.05, 4.69) is 17.4 Å². The van der Waals surface area contributed by atoms with Gasteiger partial charge in [-0.15, -0.1) is 0 Å². The second kappa shape index (κ2) is 12.5. The van der Waals surface area contributed by atoms with E-state index in [1.807, 2.05) is 30.3 Å². The molecule has 3 aromatic rings. The number of benzene rings is 3. The average molecular weight is 580 g/mol. The Balaban J connectivity index is 0.000000194. The number of ether oxygens (including phenoxy) is 1. The Labute approximate surface area is 232 Å². The molecule has 0 bridgehead atoms. The second-order valence-electron chi connectivity index (χ2n) is 9.62. The molecule has 1 amide bonds. The molecule has 202 valence electrons. The molecule has 5 rings (SSSR count). The smallest absolute Gasteiger partial charge is 0.267 e. The van der Waals surface area contributed by atoms with Crippen molar-refractivity contribution in [1.29, 1.82) is 0 Å². The van der Waals surface area contributed by atoms with Gasteiger partial charge in [-0.2, -0.15) is 0 Å². The van der Waals surface area contributed by atoms with Crippen LogP contribution < -0.4 is 14.8 Å². The van der Waals surface area contributed by atoms with Crippen molar-refractivity contribution in [2.24, 2.45) is 5.92 Å². The molecule has 3 aromatic carbocycles. The number of sulfonamides is 1. The van der Waals surface area contributed by atoms with E-state index >= 15 is 0 Å². The molecule has 38 heavy (non-hydrogen) atoms. The number of carbonyl (C=O) groups excluding carboxylic acids is 1. The van der Waals surface area contributed by atoms with E-state index in [0.29, 0.717) is 28.3 Å². The zero-order valence-electron chi connectivity index (χ0n) is 20.8. The monoisotopic (exact) mass is 578 g/mol. The maximum Gasteiger partial charge on any atom is 0.267 e. The Bertz CT molecular complexity index is 1380. The van der Waals surface area contributed by atoms with Gasteiger partial charge < -0.3 is 10.1 Å². The molecule has 0 atom stereocenters. The first-order chi connectivity index (χ1) is 18.1. The standard InChI is InChI=1S/C15H19FN2O4S.C13H10Cl2/c1-23(20,21)18-15(19)12-4-11(10-2-3-10)14(5-13(12)16)22-8-9-6-17-7-9;14-12-7-11(8-13(15)9-12)6-10-4-2-1-3-5-10/h4-5,9-10,17H,2-3,6-8H2,1H3,(H,18,19);1-5,7-9H,6H2. The Hall–Kier alpha value is -2.65. The van der Waals surface area contributed by atoms with Crippen molar-refractivity contribution in [3.8, 4) is 5.75 Å². The van der Waals surface area contributed by atoms with Crippen LogP contribution in [0.1, 0.15) is 45.8 Å².